The van der Waals surface area contributed by atoms with Gasteiger partial charge in [-0.05, 0) is 12.8 Å². The van der Waals surface area contributed by atoms with Crippen LogP contribution in [0.15, 0.2) is 9.98 Å². The molecule has 0 aromatic heterocycles. The maximum Gasteiger partial charge on any atom is 1.00 e. The van der Waals surface area contributed by atoms with Gasteiger partial charge < -0.3 is 27.5 Å². The van der Waals surface area contributed by atoms with Crippen LogP contribution < -0.4 is 29.6 Å². The largest absolute Gasteiger partial charge is 1.00 e. The number of aliphatic imine (C=N–C) groups is 2. The molecule has 0 spiro atoms. The van der Waals surface area contributed by atoms with Crippen LogP contribution in [0, 0.1) is 0 Å². The Kier molecular flexibility index (Phi) is 32.2. The van der Waals surface area contributed by atoms with Gasteiger partial charge in [0, 0.05) is 23.8 Å². The van der Waals surface area contributed by atoms with Crippen LogP contribution in [0.2, 0.25) is 0 Å². The van der Waals surface area contributed by atoms with Crippen molar-refractivity contribution in [2.24, 2.45) is 9.98 Å². The maximum atomic E-state index is 9.90. The van der Waals surface area contributed by atoms with Crippen LogP contribution in [0.5, 0.6) is 0 Å². The molecule has 224 valence electrons. The van der Waals surface area contributed by atoms with Crippen molar-refractivity contribution >= 4 is 56.7 Å². The summed E-state index contributed by atoms with van der Waals surface area (Å²) in [5.41, 5.74) is 0. The fourth-order valence-corrected chi connectivity index (χ4v) is 7.12. The average molecular weight is 629 g/mol. The van der Waals surface area contributed by atoms with Crippen LogP contribution in [0.4, 0.5) is 0 Å². The van der Waals surface area contributed by atoms with E-state index in [1.807, 2.05) is 11.8 Å². The molecule has 1 saturated heterocycles. The van der Waals surface area contributed by atoms with Gasteiger partial charge in [-0.2, -0.15) is 0 Å². The van der Waals surface area contributed by atoms with Gasteiger partial charge in [-0.3, -0.25) is 4.99 Å². The second kappa shape index (κ2) is 31.0. The van der Waals surface area contributed by atoms with Gasteiger partial charge in [0.25, 0.3) is 0 Å². The summed E-state index contributed by atoms with van der Waals surface area (Å²) in [7, 11) is 0. The molecule has 3 aliphatic heterocycles. The second-order valence-electron chi connectivity index (χ2n) is 10.4. The van der Waals surface area contributed by atoms with Crippen LogP contribution in [0.25, 0.3) is 0 Å². The zero-order chi connectivity index (χ0) is 27.5. The van der Waals surface area contributed by atoms with E-state index in [0.29, 0.717) is 6.10 Å². The number of aliphatic hydroxyl groups excluding tert-OH is 1. The number of aliphatic hydroxyl groups is 1. The van der Waals surface area contributed by atoms with Crippen molar-refractivity contribution in [2.45, 2.75) is 142 Å². The molecule has 0 aromatic rings. The number of unbranched alkanes of at least 4 members (excludes halogenated alkanes) is 14. The Morgan fingerprint density at radius 1 is 0.821 bits per heavy atom. The van der Waals surface area contributed by atoms with E-state index in [9.17, 15) is 5.11 Å². The van der Waals surface area contributed by atoms with Gasteiger partial charge in [0.05, 0.1) is 25.4 Å². The van der Waals surface area contributed by atoms with Crippen molar-refractivity contribution in [3.63, 3.8) is 0 Å². The number of epoxide rings is 1. The van der Waals surface area contributed by atoms with Crippen LogP contribution in [0.3, 0.4) is 0 Å². The molecule has 0 bridgehead atoms. The molecule has 1 N–H and O–H groups in total. The molecule has 2 atom stereocenters. The topological polar surface area (TPSA) is 57.5 Å². The summed E-state index contributed by atoms with van der Waals surface area (Å²) in [4.78, 5) is 8.31. The SMILES string of the molecule is CCCCCCCCCCC(O)CSC1=NCCS1.CCCCCCCCCCC1CO1.[Na+].[S-]C1=NCCS1. The number of ether oxygens (including phenoxy) is 1. The molecule has 3 heterocycles. The minimum Gasteiger partial charge on any atom is -0.754 e. The predicted octanol–water partition coefficient (Wildman–Crippen LogP) is 6.27. The van der Waals surface area contributed by atoms with Gasteiger partial charge in [-0.1, -0.05) is 144 Å². The van der Waals surface area contributed by atoms with Crippen LogP contribution in [-0.4, -0.2) is 63.0 Å². The van der Waals surface area contributed by atoms with Crippen molar-refractivity contribution < 1.29 is 39.4 Å². The quantitative estimate of drug-likeness (QED) is 0.0743. The second-order valence-corrected chi connectivity index (χ2v) is 14.5. The third-order valence-corrected chi connectivity index (χ3v) is 10.3. The molecule has 3 aliphatic rings. The number of hydrogen-bond donors (Lipinski definition) is 1. The first-order valence-corrected chi connectivity index (χ1v) is 19.0. The van der Waals surface area contributed by atoms with Gasteiger partial charge in [0.1, 0.15) is 4.38 Å². The molecule has 3 rings (SSSR count). The molecule has 9 heteroatoms. The van der Waals surface area contributed by atoms with Crippen LogP contribution in [-0.2, 0) is 17.4 Å². The monoisotopic (exact) mass is 628 g/mol. The molecule has 0 amide bonds. The van der Waals surface area contributed by atoms with E-state index in [0.717, 1.165) is 47.8 Å². The standard InChI is InChI=1S/C15H29NOS2.C12H24O.C3H5NS2.Na/c1-2-3-4-5-6-7-8-9-10-14(17)13-19-15-16-11-12-18-15;1-2-3-4-5-6-7-8-9-10-12-11-13-12;5-3-4-1-2-6-3;/h14,17H,2-13H2,1H3;12H,2-11H2,1H3;1-2H2,(H,4,5);/q;;;+1/p-1. The molecule has 0 radical (unpaired) electrons. The molecule has 0 aromatic carbocycles. The Morgan fingerprint density at radius 3 is 1.77 bits per heavy atom. The number of thioether (sulfide) groups is 3. The van der Waals surface area contributed by atoms with E-state index in [2.05, 4.69) is 23.8 Å². The molecule has 2 unspecified atom stereocenters. The van der Waals surface area contributed by atoms with Crippen molar-refractivity contribution in [1.29, 1.82) is 0 Å². The van der Waals surface area contributed by atoms with E-state index in [-0.39, 0.29) is 35.7 Å². The van der Waals surface area contributed by atoms with Gasteiger partial charge in [0.2, 0.25) is 0 Å². The Bertz CT molecular complexity index is 595. The van der Waals surface area contributed by atoms with Crippen LogP contribution >= 0.6 is 35.3 Å². The van der Waals surface area contributed by atoms with Crippen molar-refractivity contribution in [3.8, 4) is 0 Å². The summed E-state index contributed by atoms with van der Waals surface area (Å²) < 4.78 is 7.17. The van der Waals surface area contributed by atoms with Crippen molar-refractivity contribution in [3.05, 3.63) is 0 Å². The average Bonchev–Trinajstić information content (AvgIpc) is 3.35. The Hall–Kier alpha value is 1.53. The van der Waals surface area contributed by atoms with E-state index in [1.165, 1.54) is 114 Å². The van der Waals surface area contributed by atoms with Crippen molar-refractivity contribution in [1.82, 2.24) is 0 Å². The Morgan fingerprint density at radius 2 is 1.33 bits per heavy atom. The molecule has 1 fully saturated rings. The third kappa shape index (κ3) is 29.4. The summed E-state index contributed by atoms with van der Waals surface area (Å²) in [5, 5.41) is 9.90. The first kappa shape index (κ1) is 40.5. The van der Waals surface area contributed by atoms with Crippen molar-refractivity contribution in [2.75, 3.05) is 37.0 Å². The molecule has 39 heavy (non-hydrogen) atoms. The van der Waals surface area contributed by atoms with Gasteiger partial charge in [0.15, 0.2) is 0 Å². The zero-order valence-corrected chi connectivity index (χ0v) is 30.8. The fraction of sp³-hybridized carbons (Fsp3) is 0.933. The normalized spacial score (nSPS) is 18.2. The molecule has 4 nitrogen and oxygen atoms in total. The van der Waals surface area contributed by atoms with Gasteiger partial charge in [-0.15, -0.1) is 11.8 Å². The van der Waals surface area contributed by atoms with E-state index < -0.39 is 0 Å². The zero-order valence-electron chi connectivity index (χ0n) is 25.5. The van der Waals surface area contributed by atoms with Crippen LogP contribution in [0.1, 0.15) is 129 Å². The summed E-state index contributed by atoms with van der Waals surface area (Å²) in [6.07, 6.45) is 24.8. The molecule has 0 saturated carbocycles. The first-order chi connectivity index (χ1) is 18.7. The minimum absolute atomic E-state index is 0. The number of nitrogens with zero attached hydrogens (tertiary/aromatic N) is 2. The first-order valence-electron chi connectivity index (χ1n) is 15.6. The van der Waals surface area contributed by atoms with E-state index in [1.54, 1.807) is 23.5 Å². The molecular formula is C30H57N2NaO2S4. The Balaban J connectivity index is 0.000000620. The summed E-state index contributed by atoms with van der Waals surface area (Å²) in [6, 6.07) is 0. The summed E-state index contributed by atoms with van der Waals surface area (Å²) >= 11 is 9.94. The minimum atomic E-state index is -0.144. The maximum absolute atomic E-state index is 9.90. The third-order valence-electron chi connectivity index (χ3n) is 6.69. The summed E-state index contributed by atoms with van der Waals surface area (Å²) in [5.74, 6) is 3.04. The van der Waals surface area contributed by atoms with Gasteiger partial charge in [-0.25, -0.2) is 0 Å². The van der Waals surface area contributed by atoms with E-state index >= 15 is 0 Å². The predicted molar refractivity (Wildman–Crippen MR) is 180 cm³/mol. The smallest absolute Gasteiger partial charge is 0.754 e. The molecule has 0 aliphatic carbocycles. The number of hydrogen-bond acceptors (Lipinski definition) is 8. The fourth-order valence-electron chi connectivity index (χ4n) is 4.22. The summed E-state index contributed by atoms with van der Waals surface area (Å²) in [6.45, 7) is 7.46. The number of rotatable bonds is 20. The Labute approximate surface area is 282 Å². The van der Waals surface area contributed by atoms with Gasteiger partial charge >= 0.3 is 29.6 Å². The van der Waals surface area contributed by atoms with E-state index in [4.69, 9.17) is 17.4 Å². The molecular weight excluding hydrogens is 572 g/mol.